The maximum Gasteiger partial charge on any atom is 0.142 e. The first kappa shape index (κ1) is 14.6. The Kier molecular flexibility index (Phi) is 3.89. The third-order valence-electron chi connectivity index (χ3n) is 3.27. The molecule has 2 rings (SSSR count). The highest BCUT2D eigenvalue weighted by atomic mass is 15.2. The molecule has 3 nitrogen and oxygen atoms in total. The Hall–Kier alpha value is -1.77. The van der Waals surface area contributed by atoms with Gasteiger partial charge in [-0.05, 0) is 25.7 Å². The zero-order chi connectivity index (χ0) is 14.9. The highest BCUT2D eigenvalue weighted by Crippen LogP contribution is 2.31. The quantitative estimate of drug-likeness (QED) is 0.904. The second-order valence-corrected chi connectivity index (χ2v) is 6.83. The Morgan fingerprint density at radius 1 is 1.15 bits per heavy atom. The first-order valence-corrected chi connectivity index (χ1v) is 7.21. The first-order valence-electron chi connectivity index (χ1n) is 7.21. The van der Waals surface area contributed by atoms with E-state index in [1.54, 1.807) is 0 Å². The molecular weight excluding hydrogens is 246 g/mol. The summed E-state index contributed by atoms with van der Waals surface area (Å²) >= 11 is 0. The van der Waals surface area contributed by atoms with Gasteiger partial charge in [0, 0.05) is 11.6 Å². The molecule has 0 radical (unpaired) electrons. The minimum absolute atomic E-state index is 0.179. The van der Waals surface area contributed by atoms with Crippen LogP contribution in [0, 0.1) is 5.41 Å². The van der Waals surface area contributed by atoms with Gasteiger partial charge in [0.15, 0.2) is 0 Å². The van der Waals surface area contributed by atoms with Gasteiger partial charge in [-0.1, -0.05) is 51.1 Å². The zero-order valence-corrected chi connectivity index (χ0v) is 13.1. The van der Waals surface area contributed by atoms with Gasteiger partial charge in [0.1, 0.15) is 11.6 Å². The second-order valence-electron chi connectivity index (χ2n) is 6.83. The molecule has 2 aromatic rings. The molecule has 0 bridgehead atoms. The molecule has 1 aromatic carbocycles. The molecule has 108 valence electrons. The summed E-state index contributed by atoms with van der Waals surface area (Å²) < 4.78 is 2.14. The van der Waals surface area contributed by atoms with Gasteiger partial charge < -0.3 is 10.3 Å². The molecule has 3 heteroatoms. The van der Waals surface area contributed by atoms with E-state index in [4.69, 9.17) is 10.7 Å². The molecule has 0 aliphatic rings. The molecular formula is C17H25N3. The summed E-state index contributed by atoms with van der Waals surface area (Å²) in [7, 11) is 0. The maximum absolute atomic E-state index is 6.35. The van der Waals surface area contributed by atoms with Gasteiger partial charge in [-0.3, -0.25) is 0 Å². The van der Waals surface area contributed by atoms with Crippen molar-refractivity contribution in [2.24, 2.45) is 5.41 Å². The Bertz CT molecular complexity index is 574. The van der Waals surface area contributed by atoms with Gasteiger partial charge in [0.05, 0.1) is 5.69 Å². The summed E-state index contributed by atoms with van der Waals surface area (Å²) in [5.41, 5.74) is 8.65. The predicted octanol–water partition coefficient (Wildman–Crippen LogP) is 4.30. The third kappa shape index (κ3) is 3.03. The molecule has 0 aliphatic heterocycles. The molecule has 0 spiro atoms. The van der Waals surface area contributed by atoms with Crippen molar-refractivity contribution in [3.05, 3.63) is 36.0 Å². The summed E-state index contributed by atoms with van der Waals surface area (Å²) in [6.45, 7) is 10.9. The number of imidazole rings is 1. The van der Waals surface area contributed by atoms with Gasteiger partial charge in [0.25, 0.3) is 0 Å². The minimum atomic E-state index is 0.179. The van der Waals surface area contributed by atoms with Gasteiger partial charge in [-0.15, -0.1) is 0 Å². The summed E-state index contributed by atoms with van der Waals surface area (Å²) in [5, 5.41) is 0. The Morgan fingerprint density at radius 2 is 1.75 bits per heavy atom. The summed E-state index contributed by atoms with van der Waals surface area (Å²) in [6, 6.07) is 10.6. The lowest BCUT2D eigenvalue weighted by Gasteiger charge is -2.17. The standard InChI is InChI=1S/C17H25N3/c1-12(2)20-15(18)14(11-17(3,4)5)19-16(20)13-9-7-6-8-10-13/h6-10,12H,11,18H2,1-5H3. The van der Waals surface area contributed by atoms with E-state index in [2.05, 4.69) is 51.3 Å². The van der Waals surface area contributed by atoms with E-state index in [0.717, 1.165) is 29.3 Å². The molecule has 0 unspecified atom stereocenters. The lowest BCUT2D eigenvalue weighted by atomic mass is 9.90. The molecule has 0 saturated heterocycles. The van der Waals surface area contributed by atoms with E-state index in [9.17, 15) is 0 Å². The number of nitrogen functional groups attached to an aromatic ring is 1. The monoisotopic (exact) mass is 271 g/mol. The predicted molar refractivity (Wildman–Crippen MR) is 85.6 cm³/mol. The van der Waals surface area contributed by atoms with Gasteiger partial charge in [-0.2, -0.15) is 0 Å². The number of hydrogen-bond donors (Lipinski definition) is 1. The normalized spacial score (nSPS) is 12.1. The van der Waals surface area contributed by atoms with Crippen molar-refractivity contribution in [3.8, 4) is 11.4 Å². The number of aromatic nitrogens is 2. The van der Waals surface area contributed by atoms with E-state index in [0.29, 0.717) is 6.04 Å². The smallest absolute Gasteiger partial charge is 0.142 e. The van der Waals surface area contributed by atoms with E-state index < -0.39 is 0 Å². The van der Waals surface area contributed by atoms with Gasteiger partial charge >= 0.3 is 0 Å². The molecule has 1 aromatic heterocycles. The number of anilines is 1. The number of hydrogen-bond acceptors (Lipinski definition) is 2. The highest BCUT2D eigenvalue weighted by molar-refractivity contribution is 5.60. The highest BCUT2D eigenvalue weighted by Gasteiger charge is 2.22. The average molecular weight is 271 g/mol. The van der Waals surface area contributed by atoms with Crippen LogP contribution in [-0.2, 0) is 6.42 Å². The van der Waals surface area contributed by atoms with Crippen LogP contribution in [0.25, 0.3) is 11.4 Å². The van der Waals surface area contributed by atoms with Crippen molar-refractivity contribution in [2.45, 2.75) is 47.1 Å². The summed E-state index contributed by atoms with van der Waals surface area (Å²) in [5.74, 6) is 1.77. The van der Waals surface area contributed by atoms with Crippen LogP contribution in [0.3, 0.4) is 0 Å². The Balaban J connectivity index is 2.54. The number of rotatable bonds is 3. The van der Waals surface area contributed by atoms with Crippen molar-refractivity contribution >= 4 is 5.82 Å². The molecule has 20 heavy (non-hydrogen) atoms. The lowest BCUT2D eigenvalue weighted by Crippen LogP contribution is -2.12. The summed E-state index contributed by atoms with van der Waals surface area (Å²) in [6.07, 6.45) is 0.887. The minimum Gasteiger partial charge on any atom is -0.384 e. The molecule has 0 atom stereocenters. The lowest BCUT2D eigenvalue weighted by molar-refractivity contribution is 0.407. The van der Waals surface area contributed by atoms with Crippen LogP contribution in [0.1, 0.15) is 46.4 Å². The molecule has 0 saturated carbocycles. The molecule has 0 fully saturated rings. The fourth-order valence-corrected chi connectivity index (χ4v) is 2.44. The van der Waals surface area contributed by atoms with Crippen molar-refractivity contribution in [3.63, 3.8) is 0 Å². The van der Waals surface area contributed by atoms with Crippen LogP contribution in [0.2, 0.25) is 0 Å². The van der Waals surface area contributed by atoms with Crippen LogP contribution in [0.5, 0.6) is 0 Å². The number of nitrogens with two attached hydrogens (primary N) is 1. The van der Waals surface area contributed by atoms with Crippen LogP contribution >= 0.6 is 0 Å². The number of benzene rings is 1. The molecule has 2 N–H and O–H groups in total. The SMILES string of the molecule is CC(C)n1c(-c2ccccc2)nc(CC(C)(C)C)c1N. The average Bonchev–Trinajstić information content (AvgIpc) is 2.66. The van der Waals surface area contributed by atoms with Crippen LogP contribution in [0.4, 0.5) is 5.82 Å². The number of nitrogens with zero attached hydrogens (tertiary/aromatic N) is 2. The van der Waals surface area contributed by atoms with E-state index in [1.165, 1.54) is 0 Å². The van der Waals surface area contributed by atoms with E-state index in [1.807, 2.05) is 18.2 Å². The van der Waals surface area contributed by atoms with Crippen molar-refractivity contribution in [1.29, 1.82) is 0 Å². The Labute approximate surface area is 121 Å². The fraction of sp³-hybridized carbons (Fsp3) is 0.471. The van der Waals surface area contributed by atoms with Crippen LogP contribution < -0.4 is 5.73 Å². The summed E-state index contributed by atoms with van der Waals surface area (Å²) in [4.78, 5) is 4.82. The largest absolute Gasteiger partial charge is 0.384 e. The van der Waals surface area contributed by atoms with Crippen LogP contribution in [-0.4, -0.2) is 9.55 Å². The zero-order valence-electron chi connectivity index (χ0n) is 13.1. The maximum atomic E-state index is 6.35. The second kappa shape index (κ2) is 5.31. The third-order valence-corrected chi connectivity index (χ3v) is 3.27. The topological polar surface area (TPSA) is 43.8 Å². The molecule has 1 heterocycles. The van der Waals surface area contributed by atoms with E-state index >= 15 is 0 Å². The van der Waals surface area contributed by atoms with Crippen LogP contribution in [0.15, 0.2) is 30.3 Å². The first-order chi connectivity index (χ1) is 9.29. The van der Waals surface area contributed by atoms with Crippen molar-refractivity contribution < 1.29 is 0 Å². The molecule has 0 amide bonds. The van der Waals surface area contributed by atoms with Crippen molar-refractivity contribution in [1.82, 2.24) is 9.55 Å². The fourth-order valence-electron chi connectivity index (χ4n) is 2.44. The van der Waals surface area contributed by atoms with Gasteiger partial charge in [0.2, 0.25) is 0 Å². The molecule has 0 aliphatic carbocycles. The van der Waals surface area contributed by atoms with Crippen molar-refractivity contribution in [2.75, 3.05) is 5.73 Å². The van der Waals surface area contributed by atoms with E-state index in [-0.39, 0.29) is 5.41 Å². The Morgan fingerprint density at radius 3 is 2.25 bits per heavy atom. The van der Waals surface area contributed by atoms with Gasteiger partial charge in [-0.25, -0.2) is 4.98 Å².